The Labute approximate surface area is 174 Å². The van der Waals surface area contributed by atoms with Crippen molar-refractivity contribution in [3.63, 3.8) is 0 Å². The van der Waals surface area contributed by atoms with Crippen molar-refractivity contribution >= 4 is 27.3 Å². The summed E-state index contributed by atoms with van der Waals surface area (Å²) in [5.41, 5.74) is -0.232. The minimum Gasteiger partial charge on any atom is -0.493 e. The molecule has 8 nitrogen and oxygen atoms in total. The molecular weight excluding hydrogens is 418 g/mol. The molecule has 0 bridgehead atoms. The number of halogens is 1. The van der Waals surface area contributed by atoms with Gasteiger partial charge in [-0.2, -0.15) is 4.31 Å². The van der Waals surface area contributed by atoms with Crippen LogP contribution in [0.2, 0.25) is 5.02 Å². The van der Waals surface area contributed by atoms with Gasteiger partial charge >= 0.3 is 0 Å². The molecule has 1 fully saturated rings. The number of benzene rings is 2. The van der Waals surface area contributed by atoms with Crippen molar-refractivity contribution in [1.29, 1.82) is 0 Å². The lowest BCUT2D eigenvalue weighted by Crippen LogP contribution is -2.48. The molecule has 29 heavy (non-hydrogen) atoms. The van der Waals surface area contributed by atoms with Crippen LogP contribution in [0.1, 0.15) is 6.42 Å². The minimum absolute atomic E-state index is 0.0462. The third-order valence-corrected chi connectivity index (χ3v) is 6.81. The van der Waals surface area contributed by atoms with E-state index >= 15 is 0 Å². The molecule has 0 spiro atoms. The molecule has 0 aliphatic carbocycles. The molecule has 0 radical (unpaired) electrons. The van der Waals surface area contributed by atoms with E-state index in [0.717, 1.165) is 24.8 Å². The first-order chi connectivity index (χ1) is 13.9. The number of hydrogen-bond donors (Lipinski definition) is 0. The first-order valence-corrected chi connectivity index (χ1v) is 11.0. The standard InChI is InChI=1S/C19H22ClN3O5S/c20-16-4-1-6-18(14-16)28-13-3-8-21-9-11-22(12-10-21)29(26,27)19-7-2-5-17(15-19)23(24)25/h1-2,4-7,14-15H,3,8-13H2. The topological polar surface area (TPSA) is 93.0 Å². The van der Waals surface area contributed by atoms with Gasteiger partial charge in [0.05, 0.1) is 16.4 Å². The molecular formula is C19H22ClN3O5S. The average Bonchev–Trinajstić information content (AvgIpc) is 2.72. The summed E-state index contributed by atoms with van der Waals surface area (Å²) in [5.74, 6) is 0.727. The molecule has 2 aromatic rings. The second kappa shape index (κ2) is 9.53. The summed E-state index contributed by atoms with van der Waals surface area (Å²) in [6.45, 7) is 3.24. The van der Waals surface area contributed by atoms with E-state index < -0.39 is 14.9 Å². The first kappa shape index (κ1) is 21.5. The molecule has 2 aromatic carbocycles. The Kier molecular flexibility index (Phi) is 7.07. The molecule has 10 heteroatoms. The van der Waals surface area contributed by atoms with Gasteiger partial charge in [-0.1, -0.05) is 23.7 Å². The fourth-order valence-electron chi connectivity index (χ4n) is 3.14. The first-order valence-electron chi connectivity index (χ1n) is 9.21. The summed E-state index contributed by atoms with van der Waals surface area (Å²) in [6, 6.07) is 12.4. The third-order valence-electron chi connectivity index (χ3n) is 4.68. The molecule has 0 unspecified atom stereocenters. The Morgan fingerprint density at radius 1 is 1.07 bits per heavy atom. The zero-order valence-corrected chi connectivity index (χ0v) is 17.3. The fraction of sp³-hybridized carbons (Fsp3) is 0.368. The Morgan fingerprint density at radius 3 is 2.48 bits per heavy atom. The van der Waals surface area contributed by atoms with E-state index in [2.05, 4.69) is 4.90 Å². The van der Waals surface area contributed by atoms with Crippen LogP contribution in [0, 0.1) is 10.1 Å². The van der Waals surface area contributed by atoms with Crippen LogP contribution in [0.25, 0.3) is 0 Å². The predicted octanol–water partition coefficient (Wildman–Crippen LogP) is 3.02. The normalized spacial score (nSPS) is 15.9. The van der Waals surface area contributed by atoms with Gasteiger partial charge < -0.3 is 9.64 Å². The highest BCUT2D eigenvalue weighted by atomic mass is 35.5. The van der Waals surface area contributed by atoms with E-state index in [1.54, 1.807) is 12.1 Å². The molecule has 1 aliphatic rings. The number of rotatable bonds is 8. The van der Waals surface area contributed by atoms with Gasteiger partial charge in [-0.05, 0) is 30.7 Å². The van der Waals surface area contributed by atoms with E-state index in [9.17, 15) is 18.5 Å². The number of hydrogen-bond acceptors (Lipinski definition) is 6. The van der Waals surface area contributed by atoms with E-state index in [-0.39, 0.29) is 10.6 Å². The third kappa shape index (κ3) is 5.66. The number of nitro benzene ring substituents is 1. The van der Waals surface area contributed by atoms with Gasteiger partial charge in [0.1, 0.15) is 5.75 Å². The highest BCUT2D eigenvalue weighted by molar-refractivity contribution is 7.89. The number of nitrogens with zero attached hydrogens (tertiary/aromatic N) is 3. The van der Waals surface area contributed by atoms with E-state index in [1.807, 2.05) is 12.1 Å². The molecule has 0 saturated carbocycles. The highest BCUT2D eigenvalue weighted by Crippen LogP contribution is 2.22. The van der Waals surface area contributed by atoms with Crippen LogP contribution < -0.4 is 4.74 Å². The summed E-state index contributed by atoms with van der Waals surface area (Å²) in [5, 5.41) is 11.5. The molecule has 0 aromatic heterocycles. The van der Waals surface area contributed by atoms with Gasteiger partial charge in [0.15, 0.2) is 0 Å². The van der Waals surface area contributed by atoms with Crippen LogP contribution in [0.3, 0.4) is 0 Å². The number of nitro groups is 1. The molecule has 0 amide bonds. The largest absolute Gasteiger partial charge is 0.493 e. The van der Waals surface area contributed by atoms with Gasteiger partial charge in [-0.3, -0.25) is 10.1 Å². The SMILES string of the molecule is O=[N+]([O-])c1cccc(S(=O)(=O)N2CCN(CCCOc3cccc(Cl)c3)CC2)c1. The zero-order chi connectivity index (χ0) is 20.9. The van der Waals surface area contributed by atoms with Crippen molar-refractivity contribution in [2.24, 2.45) is 0 Å². The Hall–Kier alpha value is -2.20. The van der Waals surface area contributed by atoms with E-state index in [0.29, 0.717) is 37.8 Å². The molecule has 156 valence electrons. The Balaban J connectivity index is 1.47. The van der Waals surface area contributed by atoms with Crippen molar-refractivity contribution in [3.8, 4) is 5.75 Å². The summed E-state index contributed by atoms with van der Waals surface area (Å²) in [7, 11) is -3.74. The van der Waals surface area contributed by atoms with Crippen molar-refractivity contribution in [3.05, 3.63) is 63.7 Å². The summed E-state index contributed by atoms with van der Waals surface area (Å²) >= 11 is 5.92. The van der Waals surface area contributed by atoms with Crippen molar-refractivity contribution in [2.45, 2.75) is 11.3 Å². The average molecular weight is 440 g/mol. The number of ether oxygens (including phenoxy) is 1. The molecule has 0 atom stereocenters. The second-order valence-electron chi connectivity index (χ2n) is 6.66. The smallest absolute Gasteiger partial charge is 0.270 e. The van der Waals surface area contributed by atoms with Gasteiger partial charge in [0, 0.05) is 49.9 Å². The second-order valence-corrected chi connectivity index (χ2v) is 9.03. The summed E-state index contributed by atoms with van der Waals surface area (Å²) < 4.78 is 32.6. The van der Waals surface area contributed by atoms with Gasteiger partial charge in [-0.25, -0.2) is 8.42 Å². The summed E-state index contributed by atoms with van der Waals surface area (Å²) in [6.07, 6.45) is 0.810. The van der Waals surface area contributed by atoms with Gasteiger partial charge in [0.2, 0.25) is 10.0 Å². The van der Waals surface area contributed by atoms with Gasteiger partial charge in [-0.15, -0.1) is 0 Å². The van der Waals surface area contributed by atoms with Gasteiger partial charge in [0.25, 0.3) is 5.69 Å². The number of non-ortho nitro benzene ring substituents is 1. The van der Waals surface area contributed by atoms with Crippen LogP contribution >= 0.6 is 11.6 Å². The lowest BCUT2D eigenvalue weighted by atomic mass is 10.3. The van der Waals surface area contributed by atoms with Crippen molar-refractivity contribution in [1.82, 2.24) is 9.21 Å². The quantitative estimate of drug-likeness (QED) is 0.356. The Bertz CT molecular complexity index is 962. The maximum Gasteiger partial charge on any atom is 0.270 e. The van der Waals surface area contributed by atoms with E-state index in [4.69, 9.17) is 16.3 Å². The van der Waals surface area contributed by atoms with Crippen LogP contribution in [-0.2, 0) is 10.0 Å². The predicted molar refractivity (Wildman–Crippen MR) is 110 cm³/mol. The van der Waals surface area contributed by atoms with E-state index in [1.165, 1.54) is 22.5 Å². The highest BCUT2D eigenvalue weighted by Gasteiger charge is 2.29. The van der Waals surface area contributed by atoms with Crippen LogP contribution in [0.15, 0.2) is 53.4 Å². The van der Waals surface area contributed by atoms with Crippen LogP contribution in [-0.4, -0.2) is 61.9 Å². The fourth-order valence-corrected chi connectivity index (χ4v) is 4.78. The van der Waals surface area contributed by atoms with Crippen LogP contribution in [0.5, 0.6) is 5.75 Å². The summed E-state index contributed by atoms with van der Waals surface area (Å²) in [4.78, 5) is 12.4. The van der Waals surface area contributed by atoms with Crippen molar-refractivity contribution in [2.75, 3.05) is 39.3 Å². The number of piperazine rings is 1. The molecule has 0 N–H and O–H groups in total. The number of sulfonamides is 1. The molecule has 1 heterocycles. The molecule has 1 aliphatic heterocycles. The minimum atomic E-state index is -3.74. The maximum absolute atomic E-state index is 12.8. The lowest BCUT2D eigenvalue weighted by Gasteiger charge is -2.33. The monoisotopic (exact) mass is 439 g/mol. The maximum atomic E-state index is 12.8. The van der Waals surface area contributed by atoms with Crippen LogP contribution in [0.4, 0.5) is 5.69 Å². The Morgan fingerprint density at radius 2 is 1.79 bits per heavy atom. The molecule has 1 saturated heterocycles. The van der Waals surface area contributed by atoms with Crippen molar-refractivity contribution < 1.29 is 18.1 Å². The molecule has 3 rings (SSSR count). The lowest BCUT2D eigenvalue weighted by molar-refractivity contribution is -0.385. The zero-order valence-electron chi connectivity index (χ0n) is 15.7.